The maximum absolute atomic E-state index is 12.5. The molecule has 2 aromatic rings. The number of amides is 1. The third-order valence-electron chi connectivity index (χ3n) is 5.20. The Morgan fingerprint density at radius 1 is 1.26 bits per heavy atom. The molecule has 2 atom stereocenters. The lowest BCUT2D eigenvalue weighted by Gasteiger charge is -2.12. The van der Waals surface area contributed by atoms with Crippen molar-refractivity contribution in [2.75, 3.05) is 0 Å². The molecule has 0 spiro atoms. The molecule has 3 N–H and O–H groups in total. The number of hydrazine groups is 1. The second kappa shape index (κ2) is 8.67. The molecule has 27 heavy (non-hydrogen) atoms. The van der Waals surface area contributed by atoms with Crippen molar-refractivity contribution in [2.24, 2.45) is 5.92 Å². The number of rotatable bonds is 7. The fourth-order valence-corrected chi connectivity index (χ4v) is 3.72. The van der Waals surface area contributed by atoms with E-state index < -0.39 is 0 Å². The Labute approximate surface area is 161 Å². The highest BCUT2D eigenvalue weighted by atomic mass is 16.2. The van der Waals surface area contributed by atoms with Gasteiger partial charge in [-0.05, 0) is 38.2 Å². The van der Waals surface area contributed by atoms with Gasteiger partial charge in [-0.2, -0.15) is 5.10 Å². The lowest BCUT2D eigenvalue weighted by atomic mass is 10.00. The van der Waals surface area contributed by atoms with Gasteiger partial charge in [0.2, 0.25) is 5.91 Å². The highest BCUT2D eigenvalue weighted by Gasteiger charge is 2.29. The summed E-state index contributed by atoms with van der Waals surface area (Å²) in [4.78, 5) is 12.5. The van der Waals surface area contributed by atoms with Crippen molar-refractivity contribution in [1.29, 1.82) is 0 Å². The molecule has 2 heterocycles. The van der Waals surface area contributed by atoms with Gasteiger partial charge in [-0.1, -0.05) is 44.2 Å². The van der Waals surface area contributed by atoms with Gasteiger partial charge in [-0.15, -0.1) is 0 Å². The van der Waals surface area contributed by atoms with Crippen LogP contribution in [0.5, 0.6) is 0 Å². The van der Waals surface area contributed by atoms with Crippen molar-refractivity contribution in [1.82, 2.24) is 25.9 Å². The molecule has 1 amide bonds. The number of benzene rings is 1. The number of hydrogen-bond acceptors (Lipinski definition) is 4. The number of carbonyl (C=O) groups excluding carboxylic acids is 1. The predicted molar refractivity (Wildman–Crippen MR) is 107 cm³/mol. The average Bonchev–Trinajstić information content (AvgIpc) is 3.19. The summed E-state index contributed by atoms with van der Waals surface area (Å²) in [5, 5.41) is 7.74. The number of aromatic nitrogens is 2. The van der Waals surface area contributed by atoms with E-state index in [1.807, 2.05) is 29.8 Å². The average molecular weight is 370 g/mol. The topological polar surface area (TPSA) is 71.0 Å². The van der Waals surface area contributed by atoms with Crippen LogP contribution in [0.1, 0.15) is 49.2 Å². The molecule has 6 heteroatoms. The number of carbonyl (C=O) groups is 1. The predicted octanol–water partition coefficient (Wildman–Crippen LogP) is 2.45. The first-order valence-electron chi connectivity index (χ1n) is 9.79. The molecule has 1 fully saturated rings. The Morgan fingerprint density at radius 3 is 2.70 bits per heavy atom. The SMILES string of the molecule is Cc1nn(Cc2ccccc2)c(C)c1CNC(=O)C1CC(CC(C)C)NN1. The molecule has 6 nitrogen and oxygen atoms in total. The molecule has 1 aromatic carbocycles. The van der Waals surface area contributed by atoms with E-state index in [0.29, 0.717) is 18.5 Å². The third-order valence-corrected chi connectivity index (χ3v) is 5.20. The van der Waals surface area contributed by atoms with Gasteiger partial charge in [-0.25, -0.2) is 5.43 Å². The largest absolute Gasteiger partial charge is 0.350 e. The summed E-state index contributed by atoms with van der Waals surface area (Å²) in [5.74, 6) is 0.662. The highest BCUT2D eigenvalue weighted by molar-refractivity contribution is 5.82. The van der Waals surface area contributed by atoms with E-state index in [1.165, 1.54) is 5.56 Å². The zero-order valence-electron chi connectivity index (χ0n) is 16.7. The van der Waals surface area contributed by atoms with Crippen LogP contribution in [0.15, 0.2) is 30.3 Å². The van der Waals surface area contributed by atoms with Gasteiger partial charge < -0.3 is 5.32 Å². The normalized spacial score (nSPS) is 19.6. The second-order valence-corrected chi connectivity index (χ2v) is 7.91. The number of hydrogen-bond donors (Lipinski definition) is 3. The van der Waals surface area contributed by atoms with Crippen LogP contribution in [0.3, 0.4) is 0 Å². The number of nitrogens with zero attached hydrogens (tertiary/aromatic N) is 2. The lowest BCUT2D eigenvalue weighted by Crippen LogP contribution is -2.43. The van der Waals surface area contributed by atoms with Crippen LogP contribution in [-0.4, -0.2) is 27.8 Å². The molecule has 0 aliphatic carbocycles. The second-order valence-electron chi connectivity index (χ2n) is 7.91. The summed E-state index contributed by atoms with van der Waals surface area (Å²) >= 11 is 0. The summed E-state index contributed by atoms with van der Waals surface area (Å²) in [6, 6.07) is 10.5. The molecule has 0 radical (unpaired) electrons. The molecule has 3 rings (SSSR count). The van der Waals surface area contributed by atoms with E-state index in [4.69, 9.17) is 0 Å². The lowest BCUT2D eigenvalue weighted by molar-refractivity contribution is -0.123. The molecule has 2 unspecified atom stereocenters. The fourth-order valence-electron chi connectivity index (χ4n) is 3.72. The third kappa shape index (κ3) is 4.96. The number of nitrogens with one attached hydrogen (secondary N) is 3. The van der Waals surface area contributed by atoms with Gasteiger partial charge in [0.15, 0.2) is 0 Å². The van der Waals surface area contributed by atoms with Crippen molar-refractivity contribution in [3.05, 3.63) is 52.8 Å². The van der Waals surface area contributed by atoms with Gasteiger partial charge in [0.25, 0.3) is 0 Å². The minimum absolute atomic E-state index is 0.0448. The first kappa shape index (κ1) is 19.6. The van der Waals surface area contributed by atoms with Crippen molar-refractivity contribution in [3.63, 3.8) is 0 Å². The summed E-state index contributed by atoms with van der Waals surface area (Å²) in [6.07, 6.45) is 1.90. The minimum Gasteiger partial charge on any atom is -0.350 e. The zero-order valence-corrected chi connectivity index (χ0v) is 16.7. The van der Waals surface area contributed by atoms with Crippen molar-refractivity contribution in [3.8, 4) is 0 Å². The Bertz CT molecular complexity index is 768. The van der Waals surface area contributed by atoms with Crippen LogP contribution >= 0.6 is 0 Å². The molecule has 1 saturated heterocycles. The maximum Gasteiger partial charge on any atom is 0.238 e. The van der Waals surface area contributed by atoms with E-state index in [9.17, 15) is 4.79 Å². The summed E-state index contributed by atoms with van der Waals surface area (Å²) in [7, 11) is 0. The summed E-state index contributed by atoms with van der Waals surface area (Å²) < 4.78 is 2.01. The Morgan fingerprint density at radius 2 is 2.00 bits per heavy atom. The molecule has 1 aromatic heterocycles. The van der Waals surface area contributed by atoms with Crippen LogP contribution in [0.2, 0.25) is 0 Å². The molecule has 0 bridgehead atoms. The van der Waals surface area contributed by atoms with Crippen molar-refractivity contribution >= 4 is 5.91 Å². The van der Waals surface area contributed by atoms with Gasteiger partial charge >= 0.3 is 0 Å². The molecule has 1 aliphatic heterocycles. The molecule has 146 valence electrons. The van der Waals surface area contributed by atoms with Gasteiger partial charge in [0.05, 0.1) is 12.2 Å². The standard InChI is InChI=1S/C21H31N5O/c1-14(2)10-18-11-20(24-23-18)21(27)22-12-19-15(3)25-26(16(19)4)13-17-8-6-5-7-9-17/h5-9,14,18,20,23-24H,10-13H2,1-4H3,(H,22,27). The van der Waals surface area contributed by atoms with Crippen LogP contribution in [-0.2, 0) is 17.9 Å². The van der Waals surface area contributed by atoms with E-state index in [1.54, 1.807) is 0 Å². The Kier molecular flexibility index (Phi) is 6.29. The van der Waals surface area contributed by atoms with Crippen LogP contribution in [0.4, 0.5) is 0 Å². The highest BCUT2D eigenvalue weighted by Crippen LogP contribution is 2.16. The summed E-state index contributed by atoms with van der Waals surface area (Å²) in [6.45, 7) is 9.73. The van der Waals surface area contributed by atoms with Gasteiger partial charge in [-0.3, -0.25) is 14.9 Å². The molecule has 1 aliphatic rings. The Balaban J connectivity index is 1.57. The van der Waals surface area contributed by atoms with Gasteiger partial charge in [0, 0.05) is 23.8 Å². The van der Waals surface area contributed by atoms with E-state index >= 15 is 0 Å². The molecular formula is C21H31N5O. The zero-order chi connectivity index (χ0) is 19.4. The smallest absolute Gasteiger partial charge is 0.238 e. The summed E-state index contributed by atoms with van der Waals surface area (Å²) in [5.41, 5.74) is 10.8. The fraction of sp³-hybridized carbons (Fsp3) is 0.524. The van der Waals surface area contributed by atoms with Crippen molar-refractivity contribution < 1.29 is 4.79 Å². The van der Waals surface area contributed by atoms with E-state index in [0.717, 1.165) is 36.3 Å². The maximum atomic E-state index is 12.5. The molecular weight excluding hydrogens is 338 g/mol. The Hall–Kier alpha value is -2.18. The van der Waals surface area contributed by atoms with E-state index in [2.05, 4.69) is 54.2 Å². The minimum atomic E-state index is -0.172. The quantitative estimate of drug-likeness (QED) is 0.701. The first-order chi connectivity index (χ1) is 12.9. The molecule has 0 saturated carbocycles. The first-order valence-corrected chi connectivity index (χ1v) is 9.79. The number of aryl methyl sites for hydroxylation is 1. The van der Waals surface area contributed by atoms with Crippen LogP contribution < -0.4 is 16.2 Å². The van der Waals surface area contributed by atoms with Gasteiger partial charge in [0.1, 0.15) is 6.04 Å². The monoisotopic (exact) mass is 369 g/mol. The van der Waals surface area contributed by atoms with Crippen molar-refractivity contribution in [2.45, 2.75) is 65.7 Å². The van der Waals surface area contributed by atoms with Crippen LogP contribution in [0.25, 0.3) is 0 Å². The van der Waals surface area contributed by atoms with E-state index in [-0.39, 0.29) is 11.9 Å². The van der Waals surface area contributed by atoms with Crippen LogP contribution in [0, 0.1) is 19.8 Å².